The SMILES string of the molecule is COc1ccc(C)cc1C(N)C1COC(C)C1. The lowest BCUT2D eigenvalue weighted by Gasteiger charge is -2.21. The van der Waals surface area contributed by atoms with Gasteiger partial charge in [0, 0.05) is 17.5 Å². The number of ether oxygens (including phenoxy) is 2. The minimum atomic E-state index is -0.00481. The van der Waals surface area contributed by atoms with E-state index in [1.165, 1.54) is 5.56 Å². The molecule has 1 aromatic carbocycles. The summed E-state index contributed by atoms with van der Waals surface area (Å²) in [4.78, 5) is 0. The van der Waals surface area contributed by atoms with E-state index in [2.05, 4.69) is 19.9 Å². The van der Waals surface area contributed by atoms with E-state index in [4.69, 9.17) is 15.2 Å². The molecule has 0 aromatic heterocycles. The molecule has 17 heavy (non-hydrogen) atoms. The van der Waals surface area contributed by atoms with Crippen molar-refractivity contribution in [3.63, 3.8) is 0 Å². The number of hydrogen-bond acceptors (Lipinski definition) is 3. The van der Waals surface area contributed by atoms with Gasteiger partial charge in [-0.25, -0.2) is 0 Å². The zero-order valence-corrected chi connectivity index (χ0v) is 10.8. The summed E-state index contributed by atoms with van der Waals surface area (Å²) >= 11 is 0. The van der Waals surface area contributed by atoms with Crippen molar-refractivity contribution in [2.24, 2.45) is 11.7 Å². The van der Waals surface area contributed by atoms with Crippen molar-refractivity contribution < 1.29 is 9.47 Å². The second-order valence-electron chi connectivity index (χ2n) is 4.91. The highest BCUT2D eigenvalue weighted by molar-refractivity contribution is 5.39. The molecule has 2 rings (SSSR count). The van der Waals surface area contributed by atoms with Crippen LogP contribution < -0.4 is 10.5 Å². The van der Waals surface area contributed by atoms with Crippen molar-refractivity contribution in [3.8, 4) is 5.75 Å². The van der Waals surface area contributed by atoms with Crippen molar-refractivity contribution in [3.05, 3.63) is 29.3 Å². The van der Waals surface area contributed by atoms with Crippen LogP contribution in [0.2, 0.25) is 0 Å². The highest BCUT2D eigenvalue weighted by Crippen LogP contribution is 2.34. The zero-order valence-electron chi connectivity index (χ0n) is 10.8. The van der Waals surface area contributed by atoms with Crippen LogP contribution in [0.15, 0.2) is 18.2 Å². The zero-order chi connectivity index (χ0) is 12.4. The van der Waals surface area contributed by atoms with Gasteiger partial charge in [-0.3, -0.25) is 0 Å². The third kappa shape index (κ3) is 2.61. The van der Waals surface area contributed by atoms with Gasteiger partial charge in [0.15, 0.2) is 0 Å². The fraction of sp³-hybridized carbons (Fsp3) is 0.571. The van der Waals surface area contributed by atoms with Crippen LogP contribution in [0.5, 0.6) is 5.75 Å². The molecule has 0 aliphatic carbocycles. The predicted octanol–water partition coefficient (Wildman–Crippen LogP) is 2.43. The molecule has 1 aliphatic heterocycles. The van der Waals surface area contributed by atoms with Crippen LogP contribution in [0, 0.1) is 12.8 Å². The van der Waals surface area contributed by atoms with Gasteiger partial charge in [-0.2, -0.15) is 0 Å². The third-order valence-electron chi connectivity index (χ3n) is 3.48. The summed E-state index contributed by atoms with van der Waals surface area (Å²) in [6.45, 7) is 4.92. The number of methoxy groups -OCH3 is 1. The van der Waals surface area contributed by atoms with Crippen LogP contribution in [0.1, 0.15) is 30.5 Å². The molecule has 3 atom stereocenters. The van der Waals surface area contributed by atoms with Gasteiger partial charge in [0.1, 0.15) is 5.75 Å². The Morgan fingerprint density at radius 3 is 2.82 bits per heavy atom. The highest BCUT2D eigenvalue weighted by atomic mass is 16.5. The van der Waals surface area contributed by atoms with E-state index in [1.807, 2.05) is 12.1 Å². The molecule has 1 aromatic rings. The molecule has 3 unspecified atom stereocenters. The van der Waals surface area contributed by atoms with Crippen LogP contribution in [0.25, 0.3) is 0 Å². The minimum Gasteiger partial charge on any atom is -0.496 e. The summed E-state index contributed by atoms with van der Waals surface area (Å²) in [7, 11) is 1.69. The lowest BCUT2D eigenvalue weighted by molar-refractivity contribution is 0.118. The first-order chi connectivity index (χ1) is 8.11. The molecule has 0 radical (unpaired) electrons. The van der Waals surface area contributed by atoms with Crippen molar-refractivity contribution in [1.82, 2.24) is 0 Å². The van der Waals surface area contributed by atoms with E-state index >= 15 is 0 Å². The van der Waals surface area contributed by atoms with Crippen molar-refractivity contribution in [1.29, 1.82) is 0 Å². The molecule has 3 heteroatoms. The molecule has 1 saturated heterocycles. The first kappa shape index (κ1) is 12.4. The van der Waals surface area contributed by atoms with Crippen LogP contribution >= 0.6 is 0 Å². The summed E-state index contributed by atoms with van der Waals surface area (Å²) in [5.74, 6) is 1.27. The second-order valence-corrected chi connectivity index (χ2v) is 4.91. The molecule has 0 amide bonds. The molecule has 1 heterocycles. The molecule has 2 N–H and O–H groups in total. The van der Waals surface area contributed by atoms with Crippen LogP contribution in [-0.2, 0) is 4.74 Å². The average Bonchev–Trinajstić information content (AvgIpc) is 2.75. The maximum absolute atomic E-state index is 6.35. The first-order valence-electron chi connectivity index (χ1n) is 6.13. The Kier molecular flexibility index (Phi) is 3.69. The molecular weight excluding hydrogens is 214 g/mol. The number of nitrogens with two attached hydrogens (primary N) is 1. The molecule has 0 saturated carbocycles. The van der Waals surface area contributed by atoms with E-state index in [9.17, 15) is 0 Å². The lowest BCUT2D eigenvalue weighted by atomic mass is 9.90. The molecule has 0 spiro atoms. The standard InChI is InChI=1S/C14H21NO2/c1-9-4-5-13(16-3)12(6-9)14(15)11-7-10(2)17-8-11/h4-6,10-11,14H,7-8,15H2,1-3H3. The van der Waals surface area contributed by atoms with E-state index in [1.54, 1.807) is 7.11 Å². The summed E-state index contributed by atoms with van der Waals surface area (Å²) in [6, 6.07) is 6.15. The van der Waals surface area contributed by atoms with Crippen LogP contribution in [0.4, 0.5) is 0 Å². The van der Waals surface area contributed by atoms with Crippen molar-refractivity contribution in [2.45, 2.75) is 32.4 Å². The number of benzene rings is 1. The predicted molar refractivity (Wildman–Crippen MR) is 68.2 cm³/mol. The number of aryl methyl sites for hydroxylation is 1. The minimum absolute atomic E-state index is 0.00481. The monoisotopic (exact) mass is 235 g/mol. The Bertz CT molecular complexity index is 392. The number of hydrogen-bond donors (Lipinski definition) is 1. The van der Waals surface area contributed by atoms with Gasteiger partial charge < -0.3 is 15.2 Å². The van der Waals surface area contributed by atoms with Crippen LogP contribution in [0.3, 0.4) is 0 Å². The highest BCUT2D eigenvalue weighted by Gasteiger charge is 2.29. The lowest BCUT2D eigenvalue weighted by Crippen LogP contribution is -2.22. The van der Waals surface area contributed by atoms with Gasteiger partial charge in [-0.05, 0) is 26.3 Å². The molecule has 1 fully saturated rings. The Balaban J connectivity index is 2.23. The summed E-state index contributed by atoms with van der Waals surface area (Å²) in [5.41, 5.74) is 8.65. The summed E-state index contributed by atoms with van der Waals surface area (Å²) in [6.07, 6.45) is 1.35. The molecule has 3 nitrogen and oxygen atoms in total. The maximum atomic E-state index is 6.35. The van der Waals surface area contributed by atoms with E-state index in [-0.39, 0.29) is 6.04 Å². The van der Waals surface area contributed by atoms with E-state index < -0.39 is 0 Å². The van der Waals surface area contributed by atoms with Crippen molar-refractivity contribution >= 4 is 0 Å². The molecule has 0 bridgehead atoms. The molecule has 1 aliphatic rings. The molecular formula is C14H21NO2. The van der Waals surface area contributed by atoms with Gasteiger partial charge in [-0.15, -0.1) is 0 Å². The third-order valence-corrected chi connectivity index (χ3v) is 3.48. The Morgan fingerprint density at radius 2 is 2.24 bits per heavy atom. The maximum Gasteiger partial charge on any atom is 0.123 e. The first-order valence-corrected chi connectivity index (χ1v) is 6.13. The Hall–Kier alpha value is -1.06. The number of rotatable bonds is 3. The van der Waals surface area contributed by atoms with Crippen molar-refractivity contribution in [2.75, 3.05) is 13.7 Å². The van der Waals surface area contributed by atoms with E-state index in [0.29, 0.717) is 12.0 Å². The summed E-state index contributed by atoms with van der Waals surface area (Å²) in [5, 5.41) is 0. The van der Waals surface area contributed by atoms with Gasteiger partial charge in [-0.1, -0.05) is 17.7 Å². The van der Waals surface area contributed by atoms with Gasteiger partial charge in [0.25, 0.3) is 0 Å². The second kappa shape index (κ2) is 5.07. The fourth-order valence-corrected chi connectivity index (χ4v) is 2.47. The quantitative estimate of drug-likeness (QED) is 0.875. The Morgan fingerprint density at radius 1 is 1.47 bits per heavy atom. The molecule has 94 valence electrons. The van der Waals surface area contributed by atoms with Gasteiger partial charge in [0.2, 0.25) is 0 Å². The smallest absolute Gasteiger partial charge is 0.123 e. The topological polar surface area (TPSA) is 44.5 Å². The Labute approximate surface area is 103 Å². The van der Waals surface area contributed by atoms with Crippen LogP contribution in [-0.4, -0.2) is 19.8 Å². The van der Waals surface area contributed by atoms with Gasteiger partial charge >= 0.3 is 0 Å². The van der Waals surface area contributed by atoms with Gasteiger partial charge in [0.05, 0.1) is 19.8 Å². The average molecular weight is 235 g/mol. The summed E-state index contributed by atoms with van der Waals surface area (Å²) < 4.78 is 11.0. The normalized spacial score (nSPS) is 25.9. The fourth-order valence-electron chi connectivity index (χ4n) is 2.47. The van der Waals surface area contributed by atoms with E-state index in [0.717, 1.165) is 24.3 Å². The largest absolute Gasteiger partial charge is 0.496 e.